The standard InChI is InChI=1S/C9H12F3NO4/c1-3-5(7(14)15)6(9(10,11)12)13-8(16)17-4-2/h3-4H2,1-2H3,(H,13,16)(H,14,15)/b6-5-. The number of allylic oxidation sites excluding steroid dienone is 1. The van der Waals surface area contributed by atoms with Gasteiger partial charge < -0.3 is 9.84 Å². The molecule has 0 aliphatic heterocycles. The van der Waals surface area contributed by atoms with Crippen molar-refractivity contribution in [3.8, 4) is 0 Å². The number of carbonyl (C=O) groups is 2. The minimum Gasteiger partial charge on any atom is -0.478 e. The zero-order valence-corrected chi connectivity index (χ0v) is 9.22. The Morgan fingerprint density at radius 3 is 2.12 bits per heavy atom. The number of nitrogens with one attached hydrogen (secondary N) is 1. The molecule has 0 unspecified atom stereocenters. The van der Waals surface area contributed by atoms with Gasteiger partial charge in [-0.05, 0) is 13.3 Å². The molecule has 0 radical (unpaired) electrons. The maximum atomic E-state index is 12.5. The highest BCUT2D eigenvalue weighted by atomic mass is 19.4. The van der Waals surface area contributed by atoms with Gasteiger partial charge in [0, 0.05) is 0 Å². The van der Waals surface area contributed by atoms with Crippen LogP contribution in [0.3, 0.4) is 0 Å². The van der Waals surface area contributed by atoms with E-state index >= 15 is 0 Å². The minimum absolute atomic E-state index is 0.120. The molecule has 17 heavy (non-hydrogen) atoms. The number of aliphatic carboxylic acids is 1. The number of ether oxygens (including phenoxy) is 1. The van der Waals surface area contributed by atoms with Gasteiger partial charge in [-0.15, -0.1) is 0 Å². The molecule has 0 rings (SSSR count). The summed E-state index contributed by atoms with van der Waals surface area (Å²) >= 11 is 0. The summed E-state index contributed by atoms with van der Waals surface area (Å²) in [6, 6.07) is 0. The number of rotatable bonds is 4. The van der Waals surface area contributed by atoms with Gasteiger partial charge in [0.05, 0.1) is 12.2 Å². The molecule has 0 saturated carbocycles. The third-order valence-electron chi connectivity index (χ3n) is 1.70. The Kier molecular flexibility index (Phi) is 5.49. The molecule has 0 aliphatic rings. The Balaban J connectivity index is 5.28. The second-order valence-corrected chi connectivity index (χ2v) is 2.86. The van der Waals surface area contributed by atoms with Gasteiger partial charge in [-0.2, -0.15) is 13.2 Å². The van der Waals surface area contributed by atoms with Gasteiger partial charge in [-0.3, -0.25) is 5.32 Å². The van der Waals surface area contributed by atoms with E-state index in [0.29, 0.717) is 0 Å². The van der Waals surface area contributed by atoms with Crippen molar-refractivity contribution >= 4 is 12.1 Å². The predicted octanol–water partition coefficient (Wildman–Crippen LogP) is 2.04. The molecule has 0 fully saturated rings. The van der Waals surface area contributed by atoms with Crippen LogP contribution >= 0.6 is 0 Å². The van der Waals surface area contributed by atoms with Crippen LogP contribution in [0.5, 0.6) is 0 Å². The highest BCUT2D eigenvalue weighted by Gasteiger charge is 2.39. The lowest BCUT2D eigenvalue weighted by atomic mass is 10.1. The first-order valence-electron chi connectivity index (χ1n) is 4.71. The summed E-state index contributed by atoms with van der Waals surface area (Å²) in [4.78, 5) is 21.5. The van der Waals surface area contributed by atoms with Crippen LogP contribution in [0.2, 0.25) is 0 Å². The molecule has 0 saturated heterocycles. The fourth-order valence-corrected chi connectivity index (χ4v) is 1.02. The number of amides is 1. The summed E-state index contributed by atoms with van der Waals surface area (Å²) in [5.41, 5.74) is -2.53. The lowest BCUT2D eigenvalue weighted by Crippen LogP contribution is -2.34. The topological polar surface area (TPSA) is 75.6 Å². The van der Waals surface area contributed by atoms with Crippen LogP contribution in [0.1, 0.15) is 20.3 Å². The van der Waals surface area contributed by atoms with Gasteiger partial charge in [-0.25, -0.2) is 9.59 Å². The first-order valence-corrected chi connectivity index (χ1v) is 4.71. The molecular weight excluding hydrogens is 243 g/mol. The first kappa shape index (κ1) is 15.3. The quantitative estimate of drug-likeness (QED) is 0.754. The molecule has 0 aromatic rings. The van der Waals surface area contributed by atoms with Crippen molar-refractivity contribution in [2.24, 2.45) is 0 Å². The molecule has 0 aliphatic carbocycles. The van der Waals surface area contributed by atoms with Crippen LogP contribution in [0.4, 0.5) is 18.0 Å². The number of halogens is 3. The largest absolute Gasteiger partial charge is 0.478 e. The number of carboxylic acids is 1. The fourth-order valence-electron chi connectivity index (χ4n) is 1.02. The van der Waals surface area contributed by atoms with Crippen molar-refractivity contribution in [1.29, 1.82) is 0 Å². The molecule has 8 heteroatoms. The number of carbonyl (C=O) groups excluding carboxylic acids is 1. The summed E-state index contributed by atoms with van der Waals surface area (Å²) in [5, 5.41) is 10.0. The van der Waals surface area contributed by atoms with Crippen molar-refractivity contribution in [3.05, 3.63) is 11.3 Å². The molecule has 0 spiro atoms. The summed E-state index contributed by atoms with van der Waals surface area (Å²) in [6.45, 7) is 2.53. The Morgan fingerprint density at radius 2 is 1.82 bits per heavy atom. The van der Waals surface area contributed by atoms with E-state index in [4.69, 9.17) is 5.11 Å². The van der Waals surface area contributed by atoms with Crippen LogP contribution in [0.15, 0.2) is 11.3 Å². The molecule has 0 aromatic carbocycles. The van der Waals surface area contributed by atoms with E-state index in [9.17, 15) is 22.8 Å². The minimum atomic E-state index is -4.96. The number of hydrogen-bond acceptors (Lipinski definition) is 3. The van der Waals surface area contributed by atoms with Crippen molar-refractivity contribution < 1.29 is 32.6 Å². The Bertz CT molecular complexity index is 336. The zero-order valence-electron chi connectivity index (χ0n) is 9.22. The third-order valence-corrected chi connectivity index (χ3v) is 1.70. The number of alkyl carbamates (subject to hydrolysis) is 1. The maximum absolute atomic E-state index is 12.5. The van der Waals surface area contributed by atoms with E-state index < -0.39 is 29.5 Å². The van der Waals surface area contributed by atoms with Crippen molar-refractivity contribution in [1.82, 2.24) is 5.32 Å². The van der Waals surface area contributed by atoms with Crippen molar-refractivity contribution in [2.75, 3.05) is 6.61 Å². The molecule has 5 nitrogen and oxygen atoms in total. The normalized spacial score (nSPS) is 12.8. The van der Waals surface area contributed by atoms with Crippen LogP contribution in [0, 0.1) is 0 Å². The molecule has 0 atom stereocenters. The van der Waals surface area contributed by atoms with Crippen LogP contribution in [-0.2, 0) is 9.53 Å². The zero-order chi connectivity index (χ0) is 13.6. The second kappa shape index (κ2) is 6.12. The molecule has 0 bridgehead atoms. The Morgan fingerprint density at radius 1 is 1.29 bits per heavy atom. The van der Waals surface area contributed by atoms with E-state index in [2.05, 4.69) is 4.74 Å². The summed E-state index contributed by atoms with van der Waals surface area (Å²) in [7, 11) is 0. The first-order chi connectivity index (χ1) is 7.73. The van der Waals surface area contributed by atoms with Crippen LogP contribution in [0.25, 0.3) is 0 Å². The van der Waals surface area contributed by atoms with E-state index in [1.165, 1.54) is 19.2 Å². The molecule has 1 amide bonds. The maximum Gasteiger partial charge on any atom is 0.431 e. The smallest absolute Gasteiger partial charge is 0.431 e. The Hall–Kier alpha value is -1.73. The third kappa shape index (κ3) is 4.75. The summed E-state index contributed by atoms with van der Waals surface area (Å²) in [6.07, 6.45) is -6.68. The molecule has 98 valence electrons. The predicted molar refractivity (Wildman–Crippen MR) is 51.2 cm³/mol. The van der Waals surface area contributed by atoms with E-state index in [0.717, 1.165) is 0 Å². The molecule has 0 aromatic heterocycles. The van der Waals surface area contributed by atoms with E-state index in [1.807, 2.05) is 0 Å². The van der Waals surface area contributed by atoms with Crippen molar-refractivity contribution in [3.63, 3.8) is 0 Å². The van der Waals surface area contributed by atoms with E-state index in [1.54, 1.807) is 0 Å². The van der Waals surface area contributed by atoms with Gasteiger partial charge in [0.2, 0.25) is 0 Å². The van der Waals surface area contributed by atoms with E-state index in [-0.39, 0.29) is 13.0 Å². The SMILES string of the molecule is CCOC(=O)N/C(=C(/CC)C(=O)O)C(F)(F)F. The lowest BCUT2D eigenvalue weighted by Gasteiger charge is -2.15. The number of carboxylic acid groups (broad SMARTS) is 1. The fraction of sp³-hybridized carbons (Fsp3) is 0.556. The van der Waals surface area contributed by atoms with Gasteiger partial charge in [0.1, 0.15) is 5.70 Å². The second-order valence-electron chi connectivity index (χ2n) is 2.86. The molecule has 2 N–H and O–H groups in total. The monoisotopic (exact) mass is 255 g/mol. The van der Waals surface area contributed by atoms with Gasteiger partial charge >= 0.3 is 18.2 Å². The molecular formula is C9H12F3NO4. The Labute approximate surface area is 95.2 Å². The summed E-state index contributed by atoms with van der Waals surface area (Å²) < 4.78 is 41.8. The number of alkyl halides is 3. The molecule has 0 heterocycles. The highest BCUT2D eigenvalue weighted by Crippen LogP contribution is 2.27. The van der Waals surface area contributed by atoms with Crippen LogP contribution in [-0.4, -0.2) is 30.0 Å². The summed E-state index contributed by atoms with van der Waals surface area (Å²) in [5.74, 6) is -1.74. The van der Waals surface area contributed by atoms with Gasteiger partial charge in [0.15, 0.2) is 0 Å². The van der Waals surface area contributed by atoms with Gasteiger partial charge in [0.25, 0.3) is 0 Å². The lowest BCUT2D eigenvalue weighted by molar-refractivity contribution is -0.134. The van der Waals surface area contributed by atoms with Crippen molar-refractivity contribution in [2.45, 2.75) is 26.4 Å². The average molecular weight is 255 g/mol. The number of hydrogen-bond donors (Lipinski definition) is 2. The van der Waals surface area contributed by atoms with Gasteiger partial charge in [-0.1, -0.05) is 6.92 Å². The highest BCUT2D eigenvalue weighted by molar-refractivity contribution is 5.88. The average Bonchev–Trinajstić information content (AvgIpc) is 2.15. The van der Waals surface area contributed by atoms with Crippen LogP contribution < -0.4 is 5.32 Å².